The molecule has 8 heteroatoms. The second-order valence-electron chi connectivity index (χ2n) is 4.88. The number of rotatable bonds is 3. The fraction of sp³-hybridized carbons (Fsp3) is 0.200. The van der Waals surface area contributed by atoms with E-state index in [2.05, 4.69) is 15.1 Å². The van der Waals surface area contributed by atoms with Gasteiger partial charge in [-0.2, -0.15) is 18.3 Å². The summed E-state index contributed by atoms with van der Waals surface area (Å²) in [6.07, 6.45) is 1.29. The lowest BCUT2D eigenvalue weighted by Gasteiger charge is -2.12. The molecule has 5 nitrogen and oxygen atoms in total. The van der Waals surface area contributed by atoms with E-state index in [0.717, 1.165) is 17.8 Å². The first-order valence-electron chi connectivity index (χ1n) is 6.77. The number of aliphatic imine (C=N–C) groups is 1. The first-order valence-corrected chi connectivity index (χ1v) is 6.77. The van der Waals surface area contributed by atoms with E-state index in [9.17, 15) is 18.0 Å². The number of carbonyl (C=O) groups is 1. The molecular formula is C15H11F3N4O. The Kier molecular flexibility index (Phi) is 3.81. The van der Waals surface area contributed by atoms with Gasteiger partial charge in [0.05, 0.1) is 17.6 Å². The summed E-state index contributed by atoms with van der Waals surface area (Å²) in [6.45, 7) is 0.610. The number of carbonyl (C=O) groups excluding carboxylic acids is 1. The van der Waals surface area contributed by atoms with Gasteiger partial charge in [0.2, 0.25) is 0 Å². The van der Waals surface area contributed by atoms with Gasteiger partial charge in [0.15, 0.2) is 6.29 Å². The summed E-state index contributed by atoms with van der Waals surface area (Å²) in [5.41, 5.74) is 1.11. The van der Waals surface area contributed by atoms with Crippen molar-refractivity contribution in [3.05, 3.63) is 47.6 Å². The lowest BCUT2D eigenvalue weighted by molar-refractivity contribution is -0.141. The van der Waals surface area contributed by atoms with Crippen LogP contribution in [-0.2, 0) is 6.18 Å². The molecule has 0 atom stereocenters. The van der Waals surface area contributed by atoms with Gasteiger partial charge in [-0.25, -0.2) is 9.67 Å². The zero-order valence-electron chi connectivity index (χ0n) is 11.8. The van der Waals surface area contributed by atoms with Crippen LogP contribution < -0.4 is 0 Å². The number of pyridine rings is 1. The number of dihydropyridines is 1. The molecule has 0 aliphatic carbocycles. The van der Waals surface area contributed by atoms with Gasteiger partial charge in [-0.15, -0.1) is 0 Å². The normalized spacial score (nSPS) is 14.7. The molecule has 0 N–H and O–H groups in total. The molecule has 3 heterocycles. The smallest absolute Gasteiger partial charge is 0.296 e. The summed E-state index contributed by atoms with van der Waals surface area (Å²) < 4.78 is 39.2. The minimum Gasteiger partial charge on any atom is -0.296 e. The highest BCUT2D eigenvalue weighted by atomic mass is 19.4. The third-order valence-electron chi connectivity index (χ3n) is 3.35. The zero-order chi connectivity index (χ0) is 16.4. The number of hydrogen-bond acceptors (Lipinski definition) is 4. The van der Waals surface area contributed by atoms with Crippen LogP contribution in [0.5, 0.6) is 0 Å². The van der Waals surface area contributed by atoms with Crippen molar-refractivity contribution in [2.75, 3.05) is 6.54 Å². The summed E-state index contributed by atoms with van der Waals surface area (Å²) in [7, 11) is 0. The third-order valence-corrected chi connectivity index (χ3v) is 3.35. The first kappa shape index (κ1) is 15.1. The minimum atomic E-state index is -4.50. The first-order chi connectivity index (χ1) is 11.0. The number of alkyl halides is 3. The van der Waals surface area contributed by atoms with E-state index in [1.165, 1.54) is 10.7 Å². The van der Waals surface area contributed by atoms with Gasteiger partial charge in [0.25, 0.3) is 0 Å². The molecule has 0 aromatic carbocycles. The molecule has 0 spiro atoms. The van der Waals surface area contributed by atoms with Crippen molar-refractivity contribution in [2.24, 2.45) is 4.99 Å². The molecule has 0 unspecified atom stereocenters. The van der Waals surface area contributed by atoms with Gasteiger partial charge in [-0.1, -0.05) is 0 Å². The molecule has 2 aromatic heterocycles. The molecule has 0 radical (unpaired) electrons. The van der Waals surface area contributed by atoms with Gasteiger partial charge in [0, 0.05) is 12.8 Å². The van der Waals surface area contributed by atoms with E-state index in [0.29, 0.717) is 30.6 Å². The largest absolute Gasteiger partial charge is 0.433 e. The van der Waals surface area contributed by atoms with Crippen LogP contribution in [0.25, 0.3) is 11.3 Å². The molecular weight excluding hydrogens is 309 g/mol. The Labute approximate surface area is 129 Å². The molecule has 2 aromatic rings. The van der Waals surface area contributed by atoms with Gasteiger partial charge < -0.3 is 0 Å². The summed E-state index contributed by atoms with van der Waals surface area (Å²) >= 11 is 0. The Hall–Kier alpha value is -2.77. The number of hydrogen-bond donors (Lipinski definition) is 0. The summed E-state index contributed by atoms with van der Waals surface area (Å²) in [5.74, 6) is 0. The molecule has 0 saturated carbocycles. The Morgan fingerprint density at radius 3 is 2.65 bits per heavy atom. The van der Waals surface area contributed by atoms with Crippen LogP contribution in [0.2, 0.25) is 0 Å². The van der Waals surface area contributed by atoms with Crippen LogP contribution in [0.15, 0.2) is 35.5 Å². The second-order valence-corrected chi connectivity index (χ2v) is 4.88. The van der Waals surface area contributed by atoms with Crippen LogP contribution in [0.1, 0.15) is 28.3 Å². The quantitative estimate of drug-likeness (QED) is 0.817. The SMILES string of the molecule is O=Cc1cc(C2=CC=NCC2)n(-c2ccc(C(F)(F)F)nc2)n1. The predicted octanol–water partition coefficient (Wildman–Crippen LogP) is 2.96. The van der Waals surface area contributed by atoms with E-state index < -0.39 is 11.9 Å². The van der Waals surface area contributed by atoms with Crippen molar-refractivity contribution < 1.29 is 18.0 Å². The minimum absolute atomic E-state index is 0.198. The van der Waals surface area contributed by atoms with Crippen LogP contribution in [-0.4, -0.2) is 33.8 Å². The monoisotopic (exact) mass is 320 g/mol. The summed E-state index contributed by atoms with van der Waals surface area (Å²) in [4.78, 5) is 18.5. The van der Waals surface area contributed by atoms with Crippen molar-refractivity contribution >= 4 is 18.1 Å². The van der Waals surface area contributed by atoms with E-state index in [1.54, 1.807) is 18.4 Å². The summed E-state index contributed by atoms with van der Waals surface area (Å²) in [6, 6.07) is 3.76. The Balaban J connectivity index is 2.05. The number of aldehydes is 1. The van der Waals surface area contributed by atoms with E-state index in [4.69, 9.17) is 0 Å². The van der Waals surface area contributed by atoms with Gasteiger partial charge in [-0.3, -0.25) is 9.79 Å². The fourth-order valence-corrected chi connectivity index (χ4v) is 2.26. The van der Waals surface area contributed by atoms with Gasteiger partial charge >= 0.3 is 6.18 Å². The standard InChI is InChI=1S/C15H11F3N4O/c16-15(17,18)14-2-1-12(8-20-14)22-13(7-11(9-23)21-22)10-3-5-19-6-4-10/h1-3,5,7-9H,4,6H2. The molecule has 3 rings (SSSR count). The summed E-state index contributed by atoms with van der Waals surface area (Å²) in [5, 5.41) is 4.11. The molecule has 0 bridgehead atoms. The maximum Gasteiger partial charge on any atom is 0.433 e. The topological polar surface area (TPSA) is 60.1 Å². The average Bonchev–Trinajstić information content (AvgIpc) is 2.99. The Morgan fingerprint density at radius 2 is 2.09 bits per heavy atom. The molecule has 23 heavy (non-hydrogen) atoms. The van der Waals surface area contributed by atoms with Crippen molar-refractivity contribution in [1.29, 1.82) is 0 Å². The Bertz CT molecular complexity index is 788. The van der Waals surface area contributed by atoms with Gasteiger partial charge in [-0.05, 0) is 36.3 Å². The van der Waals surface area contributed by atoms with Crippen molar-refractivity contribution in [3.63, 3.8) is 0 Å². The molecule has 0 saturated heterocycles. The van der Waals surface area contributed by atoms with Crippen molar-refractivity contribution in [2.45, 2.75) is 12.6 Å². The van der Waals surface area contributed by atoms with Crippen LogP contribution in [0.3, 0.4) is 0 Å². The number of allylic oxidation sites excluding steroid dienone is 1. The third kappa shape index (κ3) is 3.05. The van der Waals surface area contributed by atoms with Crippen molar-refractivity contribution in [3.8, 4) is 5.69 Å². The number of halogens is 3. The predicted molar refractivity (Wildman–Crippen MR) is 77.7 cm³/mol. The maximum absolute atomic E-state index is 12.6. The Morgan fingerprint density at radius 1 is 1.26 bits per heavy atom. The number of aromatic nitrogens is 3. The fourth-order valence-electron chi connectivity index (χ4n) is 2.26. The second kappa shape index (κ2) is 5.79. The van der Waals surface area contributed by atoms with Crippen LogP contribution >= 0.6 is 0 Å². The van der Waals surface area contributed by atoms with Crippen LogP contribution in [0.4, 0.5) is 13.2 Å². The van der Waals surface area contributed by atoms with E-state index >= 15 is 0 Å². The van der Waals surface area contributed by atoms with E-state index in [-0.39, 0.29) is 5.69 Å². The zero-order valence-corrected chi connectivity index (χ0v) is 11.8. The van der Waals surface area contributed by atoms with Crippen molar-refractivity contribution in [1.82, 2.24) is 14.8 Å². The molecule has 0 fully saturated rings. The maximum atomic E-state index is 12.6. The highest BCUT2D eigenvalue weighted by Gasteiger charge is 2.32. The lowest BCUT2D eigenvalue weighted by atomic mass is 10.1. The van der Waals surface area contributed by atoms with Gasteiger partial charge in [0.1, 0.15) is 11.4 Å². The van der Waals surface area contributed by atoms with E-state index in [1.807, 2.05) is 0 Å². The lowest BCUT2D eigenvalue weighted by Crippen LogP contribution is -2.09. The molecule has 118 valence electrons. The average molecular weight is 320 g/mol. The number of nitrogens with zero attached hydrogens (tertiary/aromatic N) is 4. The molecule has 1 aliphatic rings. The highest BCUT2D eigenvalue weighted by molar-refractivity contribution is 5.86. The highest BCUT2D eigenvalue weighted by Crippen LogP contribution is 2.28. The molecule has 1 aliphatic heterocycles. The molecule has 0 amide bonds. The van der Waals surface area contributed by atoms with Crippen LogP contribution in [0, 0.1) is 0 Å².